The molecule has 0 aromatic carbocycles. The van der Waals surface area contributed by atoms with Gasteiger partial charge in [0.2, 0.25) is 0 Å². The molecule has 1 aliphatic heterocycles. The summed E-state index contributed by atoms with van der Waals surface area (Å²) in [6.07, 6.45) is 1.11. The Morgan fingerprint density at radius 3 is 3.11 bits per heavy atom. The van der Waals surface area contributed by atoms with Crippen molar-refractivity contribution in [3.63, 3.8) is 0 Å². The Balaban J connectivity index is 1.64. The van der Waals surface area contributed by atoms with Crippen LogP contribution in [0.4, 0.5) is 0 Å². The molecule has 1 saturated heterocycles. The molecule has 0 aliphatic carbocycles. The molecule has 3 rings (SSSR count). The van der Waals surface area contributed by atoms with E-state index in [1.807, 2.05) is 11.3 Å². The molecule has 1 N–H and O–H groups in total. The second kappa shape index (κ2) is 5.13. The van der Waals surface area contributed by atoms with Gasteiger partial charge in [-0.1, -0.05) is 6.07 Å². The van der Waals surface area contributed by atoms with Gasteiger partial charge < -0.3 is 10.1 Å². The summed E-state index contributed by atoms with van der Waals surface area (Å²) in [4.78, 5) is 2.75. The Bertz CT molecular complexity index is 498. The van der Waals surface area contributed by atoms with Crippen molar-refractivity contribution in [3.8, 4) is 10.4 Å². The Morgan fingerprint density at radius 1 is 1.44 bits per heavy atom. The van der Waals surface area contributed by atoms with Crippen LogP contribution in [0, 0.1) is 0 Å². The molecule has 2 nitrogen and oxygen atoms in total. The highest BCUT2D eigenvalue weighted by molar-refractivity contribution is 7.14. The molecule has 4 heteroatoms. The summed E-state index contributed by atoms with van der Waals surface area (Å²) in [5, 5.41) is 7.99. The van der Waals surface area contributed by atoms with Gasteiger partial charge >= 0.3 is 0 Å². The fraction of sp³-hybridized carbons (Fsp3) is 0.429. The predicted octanol–water partition coefficient (Wildman–Crippen LogP) is 3.75. The zero-order valence-corrected chi connectivity index (χ0v) is 12.1. The van der Waals surface area contributed by atoms with Crippen molar-refractivity contribution in [1.29, 1.82) is 0 Å². The van der Waals surface area contributed by atoms with Crippen molar-refractivity contribution < 1.29 is 4.74 Å². The van der Waals surface area contributed by atoms with E-state index in [0.717, 1.165) is 26.2 Å². The molecule has 18 heavy (non-hydrogen) atoms. The lowest BCUT2D eigenvalue weighted by Crippen LogP contribution is -2.42. The first-order valence-electron chi connectivity index (χ1n) is 6.19. The first-order valence-corrected chi connectivity index (χ1v) is 7.95. The van der Waals surface area contributed by atoms with Gasteiger partial charge in [-0.05, 0) is 36.2 Å². The molecule has 1 unspecified atom stereocenters. The highest BCUT2D eigenvalue weighted by Crippen LogP contribution is 2.29. The quantitative estimate of drug-likeness (QED) is 0.920. The molecule has 1 atom stereocenters. The molecular formula is C14H17NOS2. The molecule has 1 aliphatic rings. The van der Waals surface area contributed by atoms with Gasteiger partial charge in [0.1, 0.15) is 0 Å². The minimum atomic E-state index is 0.160. The largest absolute Gasteiger partial charge is 0.379 e. The van der Waals surface area contributed by atoms with Gasteiger partial charge in [-0.25, -0.2) is 0 Å². The first-order chi connectivity index (χ1) is 8.75. The van der Waals surface area contributed by atoms with Gasteiger partial charge in [-0.2, -0.15) is 0 Å². The number of ether oxygens (including phenoxy) is 1. The van der Waals surface area contributed by atoms with E-state index in [9.17, 15) is 0 Å². The fourth-order valence-corrected chi connectivity index (χ4v) is 3.77. The van der Waals surface area contributed by atoms with Gasteiger partial charge in [0.15, 0.2) is 0 Å². The summed E-state index contributed by atoms with van der Waals surface area (Å²) >= 11 is 3.63. The van der Waals surface area contributed by atoms with Gasteiger partial charge in [0.05, 0.1) is 6.61 Å². The summed E-state index contributed by atoms with van der Waals surface area (Å²) < 4.78 is 5.46. The molecular weight excluding hydrogens is 262 g/mol. The van der Waals surface area contributed by atoms with Crippen LogP contribution in [0.5, 0.6) is 0 Å². The summed E-state index contributed by atoms with van der Waals surface area (Å²) in [7, 11) is 0. The lowest BCUT2D eigenvalue weighted by atomic mass is 10.0. The SMILES string of the molecule is CC1(NCc2cc(-c3cccs3)cs2)CCOC1. The van der Waals surface area contributed by atoms with Crippen LogP contribution in [0.15, 0.2) is 29.0 Å². The maximum Gasteiger partial charge on any atom is 0.0646 e. The average molecular weight is 279 g/mol. The summed E-state index contributed by atoms with van der Waals surface area (Å²) in [6.45, 7) is 4.90. The third-order valence-corrected chi connectivity index (χ3v) is 5.22. The monoisotopic (exact) mass is 279 g/mol. The van der Waals surface area contributed by atoms with Gasteiger partial charge in [0.25, 0.3) is 0 Å². The van der Waals surface area contributed by atoms with Crippen molar-refractivity contribution in [1.82, 2.24) is 5.32 Å². The first kappa shape index (κ1) is 12.4. The molecule has 0 saturated carbocycles. The number of rotatable bonds is 4. The summed E-state index contributed by atoms with van der Waals surface area (Å²) in [5.74, 6) is 0. The van der Waals surface area contributed by atoms with E-state index in [-0.39, 0.29) is 5.54 Å². The van der Waals surface area contributed by atoms with Gasteiger partial charge in [0, 0.05) is 34.0 Å². The second-order valence-electron chi connectivity index (χ2n) is 5.00. The van der Waals surface area contributed by atoms with Crippen LogP contribution in [0.2, 0.25) is 0 Å². The van der Waals surface area contributed by atoms with Crippen molar-refractivity contribution in [2.45, 2.75) is 25.4 Å². The third kappa shape index (κ3) is 2.67. The van der Waals surface area contributed by atoms with E-state index >= 15 is 0 Å². The zero-order valence-electron chi connectivity index (χ0n) is 10.4. The Kier molecular flexibility index (Phi) is 3.52. The molecule has 0 bridgehead atoms. The zero-order chi connectivity index (χ0) is 12.4. The summed E-state index contributed by atoms with van der Waals surface area (Å²) in [5.41, 5.74) is 1.51. The van der Waals surface area contributed by atoms with Crippen LogP contribution in [0.3, 0.4) is 0 Å². The highest BCUT2D eigenvalue weighted by atomic mass is 32.1. The lowest BCUT2D eigenvalue weighted by Gasteiger charge is -2.23. The minimum absolute atomic E-state index is 0.160. The van der Waals surface area contributed by atoms with Crippen LogP contribution in [0.1, 0.15) is 18.2 Å². The molecule has 3 heterocycles. The smallest absolute Gasteiger partial charge is 0.0646 e. The number of hydrogen-bond acceptors (Lipinski definition) is 4. The van der Waals surface area contributed by atoms with E-state index < -0.39 is 0 Å². The normalized spacial score (nSPS) is 23.6. The molecule has 0 amide bonds. The Morgan fingerprint density at radius 2 is 2.39 bits per heavy atom. The lowest BCUT2D eigenvalue weighted by molar-refractivity contribution is 0.171. The van der Waals surface area contributed by atoms with E-state index in [2.05, 4.69) is 41.2 Å². The molecule has 0 radical (unpaired) electrons. The minimum Gasteiger partial charge on any atom is -0.379 e. The molecule has 96 valence electrons. The topological polar surface area (TPSA) is 21.3 Å². The highest BCUT2D eigenvalue weighted by Gasteiger charge is 2.28. The molecule has 1 fully saturated rings. The number of thiophene rings is 2. The van der Waals surface area contributed by atoms with E-state index in [4.69, 9.17) is 4.74 Å². The Labute approximate surface area is 116 Å². The van der Waals surface area contributed by atoms with E-state index in [1.165, 1.54) is 15.3 Å². The molecule has 2 aromatic rings. The summed E-state index contributed by atoms with van der Waals surface area (Å²) in [6, 6.07) is 6.57. The maximum absolute atomic E-state index is 5.46. The van der Waals surface area contributed by atoms with Crippen LogP contribution in [0.25, 0.3) is 10.4 Å². The average Bonchev–Trinajstić information content (AvgIpc) is 3.08. The maximum atomic E-state index is 5.46. The van der Waals surface area contributed by atoms with Gasteiger partial charge in [-0.3, -0.25) is 0 Å². The fourth-order valence-electron chi connectivity index (χ4n) is 2.15. The van der Waals surface area contributed by atoms with Gasteiger partial charge in [-0.15, -0.1) is 22.7 Å². The van der Waals surface area contributed by atoms with Crippen molar-refractivity contribution in [2.75, 3.05) is 13.2 Å². The van der Waals surface area contributed by atoms with Crippen LogP contribution >= 0.6 is 22.7 Å². The Hall–Kier alpha value is -0.680. The van der Waals surface area contributed by atoms with Crippen molar-refractivity contribution in [3.05, 3.63) is 33.8 Å². The van der Waals surface area contributed by atoms with Crippen LogP contribution in [-0.4, -0.2) is 18.8 Å². The molecule has 0 spiro atoms. The van der Waals surface area contributed by atoms with Crippen LogP contribution < -0.4 is 5.32 Å². The second-order valence-corrected chi connectivity index (χ2v) is 6.94. The van der Waals surface area contributed by atoms with Crippen molar-refractivity contribution >= 4 is 22.7 Å². The number of nitrogens with one attached hydrogen (secondary N) is 1. The third-order valence-electron chi connectivity index (χ3n) is 3.37. The van der Waals surface area contributed by atoms with Crippen molar-refractivity contribution in [2.24, 2.45) is 0 Å². The van der Waals surface area contributed by atoms with E-state index in [1.54, 1.807) is 11.3 Å². The molecule has 2 aromatic heterocycles. The predicted molar refractivity (Wildman–Crippen MR) is 78.3 cm³/mol. The standard InChI is InChI=1S/C14H17NOS2/c1-14(4-5-16-10-14)15-8-12-7-11(9-18-12)13-3-2-6-17-13/h2-3,6-7,9,15H,4-5,8,10H2,1H3. The van der Waals surface area contributed by atoms with Crippen LogP contribution in [-0.2, 0) is 11.3 Å². The van der Waals surface area contributed by atoms with E-state index in [0.29, 0.717) is 0 Å². The number of hydrogen-bond donors (Lipinski definition) is 1.